The number of anilines is 2. The van der Waals surface area contributed by atoms with E-state index in [1.165, 1.54) is 11.1 Å². The predicted molar refractivity (Wildman–Crippen MR) is 128 cm³/mol. The maximum absolute atomic E-state index is 12.4. The molecular formula is C25H30N6O. The highest BCUT2D eigenvalue weighted by atomic mass is 16.1. The Labute approximate surface area is 189 Å². The number of aromatic nitrogens is 2. The van der Waals surface area contributed by atoms with Gasteiger partial charge in [-0.05, 0) is 35.4 Å². The Bertz CT molecular complexity index is 997. The van der Waals surface area contributed by atoms with E-state index in [0.717, 1.165) is 45.0 Å². The molecule has 1 N–H and O–H groups in total. The first kappa shape index (κ1) is 21.9. The average molecular weight is 431 g/mol. The first-order chi connectivity index (χ1) is 15.6. The van der Waals surface area contributed by atoms with Crippen LogP contribution in [0.3, 0.4) is 0 Å². The van der Waals surface area contributed by atoms with Crippen LogP contribution in [0.2, 0.25) is 0 Å². The molecule has 7 nitrogen and oxygen atoms in total. The lowest BCUT2D eigenvalue weighted by molar-refractivity contribution is 0.102. The summed E-state index contributed by atoms with van der Waals surface area (Å²) in [6.07, 6.45) is 0. The van der Waals surface area contributed by atoms with Crippen molar-refractivity contribution in [2.24, 2.45) is 0 Å². The highest BCUT2D eigenvalue weighted by molar-refractivity contribution is 6.02. The highest BCUT2D eigenvalue weighted by Gasteiger charge is 2.17. The second kappa shape index (κ2) is 10.3. The van der Waals surface area contributed by atoms with Crippen LogP contribution >= 0.6 is 0 Å². The minimum atomic E-state index is -0.259. The Morgan fingerprint density at radius 3 is 1.94 bits per heavy atom. The van der Waals surface area contributed by atoms with Crippen molar-refractivity contribution in [3.63, 3.8) is 0 Å². The van der Waals surface area contributed by atoms with Crippen LogP contribution in [-0.2, 0) is 13.1 Å². The molecule has 0 spiro atoms. The van der Waals surface area contributed by atoms with Crippen molar-refractivity contribution in [1.82, 2.24) is 20.0 Å². The highest BCUT2D eigenvalue weighted by Crippen LogP contribution is 2.15. The largest absolute Gasteiger partial charge is 0.361 e. The molecule has 0 saturated carbocycles. The van der Waals surface area contributed by atoms with E-state index in [1.807, 2.05) is 31.1 Å². The quantitative estimate of drug-likeness (QED) is 0.621. The Morgan fingerprint density at radius 2 is 1.41 bits per heavy atom. The Kier molecular flexibility index (Phi) is 7.09. The molecule has 7 heteroatoms. The monoisotopic (exact) mass is 430 g/mol. The van der Waals surface area contributed by atoms with Gasteiger partial charge in [0.2, 0.25) is 0 Å². The van der Waals surface area contributed by atoms with Crippen molar-refractivity contribution in [1.29, 1.82) is 0 Å². The number of amides is 1. The molecule has 2 heterocycles. The van der Waals surface area contributed by atoms with Crippen molar-refractivity contribution in [3.05, 3.63) is 83.6 Å². The molecular weight excluding hydrogens is 400 g/mol. The molecule has 166 valence electrons. The van der Waals surface area contributed by atoms with Crippen LogP contribution in [-0.4, -0.2) is 66.2 Å². The summed E-state index contributed by atoms with van der Waals surface area (Å²) in [6, 6.07) is 22.2. The molecule has 1 aliphatic rings. The van der Waals surface area contributed by atoms with Crippen LogP contribution in [0, 0.1) is 0 Å². The van der Waals surface area contributed by atoms with Crippen LogP contribution in [0.15, 0.2) is 66.7 Å². The van der Waals surface area contributed by atoms with Gasteiger partial charge in [0.15, 0.2) is 11.5 Å². The van der Waals surface area contributed by atoms with Crippen molar-refractivity contribution in [3.8, 4) is 0 Å². The molecule has 4 rings (SSSR count). The Balaban J connectivity index is 1.25. The van der Waals surface area contributed by atoms with E-state index in [-0.39, 0.29) is 5.91 Å². The van der Waals surface area contributed by atoms with Crippen LogP contribution in [0.4, 0.5) is 11.5 Å². The summed E-state index contributed by atoms with van der Waals surface area (Å²) in [5.41, 5.74) is 3.67. The first-order valence-electron chi connectivity index (χ1n) is 11.0. The summed E-state index contributed by atoms with van der Waals surface area (Å²) in [7, 11) is 3.77. The van der Waals surface area contributed by atoms with Gasteiger partial charge in [-0.2, -0.15) is 0 Å². The van der Waals surface area contributed by atoms with Crippen molar-refractivity contribution in [2.45, 2.75) is 13.1 Å². The lowest BCUT2D eigenvalue weighted by atomic mass is 10.1. The summed E-state index contributed by atoms with van der Waals surface area (Å²) < 4.78 is 0. The Morgan fingerprint density at radius 1 is 0.812 bits per heavy atom. The standard InChI is InChI=1S/C25H30N6O/c1-29(2)24-13-12-23(27-28-24)25(32)26-22-10-8-21(9-11-22)19-31-16-14-30(15-17-31)18-20-6-4-3-5-7-20/h3-13H,14-19H2,1-2H3,(H,26,32). The summed E-state index contributed by atoms with van der Waals surface area (Å²) in [5.74, 6) is 0.455. The SMILES string of the molecule is CN(C)c1ccc(C(=O)Nc2ccc(CN3CCN(Cc4ccccc4)CC3)cc2)nn1. The number of nitrogens with one attached hydrogen (secondary N) is 1. The fourth-order valence-electron chi connectivity index (χ4n) is 3.78. The fraction of sp³-hybridized carbons (Fsp3) is 0.320. The van der Waals surface area contributed by atoms with E-state index in [4.69, 9.17) is 0 Å². The van der Waals surface area contributed by atoms with Gasteiger partial charge in [0.25, 0.3) is 5.91 Å². The minimum Gasteiger partial charge on any atom is -0.361 e. The second-order valence-corrected chi connectivity index (χ2v) is 8.36. The van der Waals surface area contributed by atoms with Gasteiger partial charge in [0, 0.05) is 59.1 Å². The third-order valence-electron chi connectivity index (χ3n) is 5.67. The second-order valence-electron chi connectivity index (χ2n) is 8.36. The molecule has 1 fully saturated rings. The first-order valence-corrected chi connectivity index (χ1v) is 11.0. The minimum absolute atomic E-state index is 0.259. The number of hydrogen-bond acceptors (Lipinski definition) is 6. The van der Waals surface area contributed by atoms with Gasteiger partial charge in [-0.3, -0.25) is 14.6 Å². The van der Waals surface area contributed by atoms with Crippen molar-refractivity contribution >= 4 is 17.4 Å². The molecule has 1 aliphatic heterocycles. The number of hydrogen-bond donors (Lipinski definition) is 1. The van der Waals surface area contributed by atoms with Gasteiger partial charge in [0.05, 0.1) is 0 Å². The van der Waals surface area contributed by atoms with Crippen LogP contribution in [0.5, 0.6) is 0 Å². The smallest absolute Gasteiger partial charge is 0.276 e. The summed E-state index contributed by atoms with van der Waals surface area (Å²) in [4.78, 5) is 19.3. The van der Waals surface area contributed by atoms with Gasteiger partial charge >= 0.3 is 0 Å². The van der Waals surface area contributed by atoms with Crippen LogP contribution in [0.25, 0.3) is 0 Å². The molecule has 0 aliphatic carbocycles. The number of nitrogens with zero attached hydrogens (tertiary/aromatic N) is 5. The maximum Gasteiger partial charge on any atom is 0.276 e. The number of carbonyl (C=O) groups excluding carboxylic acids is 1. The normalized spacial score (nSPS) is 14.8. The van der Waals surface area contributed by atoms with E-state index in [1.54, 1.807) is 12.1 Å². The fourth-order valence-corrected chi connectivity index (χ4v) is 3.78. The van der Waals surface area contributed by atoms with Crippen LogP contribution < -0.4 is 10.2 Å². The van der Waals surface area contributed by atoms with Gasteiger partial charge in [-0.1, -0.05) is 42.5 Å². The number of piperazine rings is 1. The third kappa shape index (κ3) is 5.90. The molecule has 0 unspecified atom stereocenters. The topological polar surface area (TPSA) is 64.6 Å². The van der Waals surface area contributed by atoms with E-state index in [9.17, 15) is 4.79 Å². The van der Waals surface area contributed by atoms with Gasteiger partial charge in [-0.15, -0.1) is 10.2 Å². The zero-order valence-electron chi connectivity index (χ0n) is 18.7. The molecule has 0 bridgehead atoms. The van der Waals surface area contributed by atoms with E-state index in [0.29, 0.717) is 11.5 Å². The van der Waals surface area contributed by atoms with Gasteiger partial charge in [0.1, 0.15) is 0 Å². The number of rotatable bonds is 7. The maximum atomic E-state index is 12.4. The zero-order valence-corrected chi connectivity index (χ0v) is 18.7. The van der Waals surface area contributed by atoms with Crippen molar-refractivity contribution in [2.75, 3.05) is 50.5 Å². The van der Waals surface area contributed by atoms with Gasteiger partial charge < -0.3 is 10.2 Å². The van der Waals surface area contributed by atoms with Crippen LogP contribution in [0.1, 0.15) is 21.6 Å². The molecule has 0 radical (unpaired) electrons. The molecule has 1 saturated heterocycles. The average Bonchev–Trinajstić information content (AvgIpc) is 2.82. The third-order valence-corrected chi connectivity index (χ3v) is 5.67. The Hall–Kier alpha value is -3.29. The predicted octanol–water partition coefficient (Wildman–Crippen LogP) is 3.11. The molecule has 3 aromatic rings. The lowest BCUT2D eigenvalue weighted by Crippen LogP contribution is -2.45. The molecule has 0 atom stereocenters. The zero-order chi connectivity index (χ0) is 22.3. The van der Waals surface area contributed by atoms with E-state index in [2.05, 4.69) is 67.8 Å². The summed E-state index contributed by atoms with van der Waals surface area (Å²) in [6.45, 7) is 6.23. The lowest BCUT2D eigenvalue weighted by Gasteiger charge is -2.34. The molecule has 1 amide bonds. The molecule has 2 aromatic carbocycles. The van der Waals surface area contributed by atoms with Gasteiger partial charge in [-0.25, -0.2) is 0 Å². The molecule has 1 aromatic heterocycles. The summed E-state index contributed by atoms with van der Waals surface area (Å²) >= 11 is 0. The van der Waals surface area contributed by atoms with E-state index < -0.39 is 0 Å². The number of carbonyl (C=O) groups is 1. The molecule has 32 heavy (non-hydrogen) atoms. The van der Waals surface area contributed by atoms with E-state index >= 15 is 0 Å². The number of benzene rings is 2. The summed E-state index contributed by atoms with van der Waals surface area (Å²) in [5, 5.41) is 11.0. The van der Waals surface area contributed by atoms with Crippen molar-refractivity contribution < 1.29 is 4.79 Å².